The molecule has 1 aromatic heterocycles. The first-order valence-electron chi connectivity index (χ1n) is 6.86. The lowest BCUT2D eigenvalue weighted by molar-refractivity contribution is 0.0951. The van der Waals surface area contributed by atoms with E-state index in [1.54, 1.807) is 6.20 Å². The minimum Gasteiger partial charge on any atom is -0.371 e. The average molecular weight is 262 g/mol. The normalized spacial score (nSPS) is 20.4. The smallest absolute Gasteiger partial charge is 0.269 e. The summed E-state index contributed by atoms with van der Waals surface area (Å²) in [7, 11) is 0. The number of pyridine rings is 1. The van der Waals surface area contributed by atoms with Crippen LogP contribution >= 0.6 is 0 Å². The van der Waals surface area contributed by atoms with Gasteiger partial charge in [0.25, 0.3) is 5.91 Å². The second-order valence-electron chi connectivity index (χ2n) is 5.11. The van der Waals surface area contributed by atoms with Crippen LogP contribution < -0.4 is 16.0 Å². The van der Waals surface area contributed by atoms with Gasteiger partial charge in [0.05, 0.1) is 0 Å². The number of nitrogens with one attached hydrogen (secondary N) is 1. The van der Waals surface area contributed by atoms with Gasteiger partial charge in [-0.05, 0) is 38.3 Å². The number of anilines is 1. The van der Waals surface area contributed by atoms with Gasteiger partial charge >= 0.3 is 0 Å². The van der Waals surface area contributed by atoms with E-state index in [4.69, 9.17) is 5.73 Å². The minimum absolute atomic E-state index is 0.118. The summed E-state index contributed by atoms with van der Waals surface area (Å²) < 4.78 is 0. The second kappa shape index (κ2) is 6.02. The molecule has 1 aliphatic rings. The highest BCUT2D eigenvalue weighted by Gasteiger charge is 2.25. The first-order chi connectivity index (χ1) is 9.11. The second-order valence-corrected chi connectivity index (χ2v) is 5.11. The van der Waals surface area contributed by atoms with Gasteiger partial charge in [-0.2, -0.15) is 0 Å². The third kappa shape index (κ3) is 3.23. The molecule has 104 valence electrons. The van der Waals surface area contributed by atoms with Crippen molar-refractivity contribution in [1.82, 2.24) is 10.3 Å². The Kier molecular flexibility index (Phi) is 4.37. The highest BCUT2D eigenvalue weighted by Crippen LogP contribution is 2.25. The van der Waals surface area contributed by atoms with Gasteiger partial charge in [0.15, 0.2) is 0 Å². The summed E-state index contributed by atoms with van der Waals surface area (Å²) in [5.41, 5.74) is 7.48. The summed E-state index contributed by atoms with van der Waals surface area (Å²) in [6.07, 6.45) is 2.80. The molecule has 1 aliphatic heterocycles. The molecule has 2 unspecified atom stereocenters. The largest absolute Gasteiger partial charge is 0.371 e. The van der Waals surface area contributed by atoms with E-state index in [0.717, 1.165) is 25.2 Å². The van der Waals surface area contributed by atoms with Crippen molar-refractivity contribution >= 4 is 11.6 Å². The Hall–Kier alpha value is -1.62. The van der Waals surface area contributed by atoms with Crippen LogP contribution in [0.15, 0.2) is 18.3 Å². The molecule has 0 aliphatic carbocycles. The summed E-state index contributed by atoms with van der Waals surface area (Å²) in [5, 5.41) is 2.77. The van der Waals surface area contributed by atoms with Crippen LogP contribution in [-0.2, 0) is 0 Å². The van der Waals surface area contributed by atoms with Crippen molar-refractivity contribution in [1.29, 1.82) is 0 Å². The Labute approximate surface area is 114 Å². The molecule has 1 amide bonds. The van der Waals surface area contributed by atoms with E-state index >= 15 is 0 Å². The van der Waals surface area contributed by atoms with Crippen molar-refractivity contribution < 1.29 is 4.79 Å². The van der Waals surface area contributed by atoms with E-state index in [1.807, 2.05) is 19.1 Å². The number of nitrogens with zero attached hydrogens (tertiary/aromatic N) is 2. The van der Waals surface area contributed by atoms with Crippen LogP contribution in [0.25, 0.3) is 0 Å². The Bertz CT molecular complexity index is 447. The van der Waals surface area contributed by atoms with Crippen LogP contribution in [0.3, 0.4) is 0 Å². The van der Waals surface area contributed by atoms with Crippen molar-refractivity contribution in [3.63, 3.8) is 0 Å². The van der Waals surface area contributed by atoms with Gasteiger partial charge in [-0.25, -0.2) is 0 Å². The molecule has 0 bridgehead atoms. The van der Waals surface area contributed by atoms with Crippen LogP contribution in [0, 0.1) is 5.92 Å². The molecule has 0 aromatic carbocycles. The van der Waals surface area contributed by atoms with Gasteiger partial charge in [0.1, 0.15) is 5.69 Å². The molecule has 0 radical (unpaired) electrons. The van der Waals surface area contributed by atoms with E-state index in [1.165, 1.54) is 0 Å². The van der Waals surface area contributed by atoms with E-state index in [0.29, 0.717) is 18.2 Å². The topological polar surface area (TPSA) is 71.2 Å². The van der Waals surface area contributed by atoms with E-state index in [-0.39, 0.29) is 11.9 Å². The molecule has 0 spiro atoms. The van der Waals surface area contributed by atoms with E-state index < -0.39 is 0 Å². The van der Waals surface area contributed by atoms with Crippen LogP contribution in [0.2, 0.25) is 0 Å². The predicted molar refractivity (Wildman–Crippen MR) is 76.2 cm³/mol. The lowest BCUT2D eigenvalue weighted by atomic mass is 10.0. The van der Waals surface area contributed by atoms with Crippen molar-refractivity contribution in [3.8, 4) is 0 Å². The number of hydrogen-bond acceptors (Lipinski definition) is 4. The average Bonchev–Trinajstić information content (AvgIpc) is 2.89. The van der Waals surface area contributed by atoms with Crippen LogP contribution in [0.1, 0.15) is 30.8 Å². The van der Waals surface area contributed by atoms with Crippen molar-refractivity contribution in [2.45, 2.75) is 26.3 Å². The number of nitrogens with two attached hydrogens (primary N) is 1. The Morgan fingerprint density at radius 3 is 3.11 bits per heavy atom. The summed E-state index contributed by atoms with van der Waals surface area (Å²) in [4.78, 5) is 18.2. The molecule has 2 atom stereocenters. The molecular weight excluding hydrogens is 240 g/mol. The number of carbonyl (C=O) groups excluding carboxylic acids is 1. The molecule has 0 saturated carbocycles. The maximum Gasteiger partial charge on any atom is 0.269 e. The number of amides is 1. The van der Waals surface area contributed by atoms with Gasteiger partial charge in [0, 0.05) is 37.6 Å². The van der Waals surface area contributed by atoms with Crippen LogP contribution in [0.5, 0.6) is 0 Å². The molecule has 2 rings (SSSR count). The Morgan fingerprint density at radius 2 is 2.47 bits per heavy atom. The number of hydrogen-bond donors (Lipinski definition) is 2. The lowest BCUT2D eigenvalue weighted by Gasteiger charge is -2.20. The maximum atomic E-state index is 11.8. The van der Waals surface area contributed by atoms with Crippen molar-refractivity contribution in [3.05, 3.63) is 24.0 Å². The highest BCUT2D eigenvalue weighted by atomic mass is 16.1. The molecular formula is C14H22N4O. The minimum atomic E-state index is -0.118. The molecule has 5 heteroatoms. The van der Waals surface area contributed by atoms with E-state index in [2.05, 4.69) is 22.1 Å². The molecule has 1 fully saturated rings. The highest BCUT2D eigenvalue weighted by molar-refractivity contribution is 5.93. The number of aromatic nitrogens is 1. The Balaban J connectivity index is 2.09. The van der Waals surface area contributed by atoms with Gasteiger partial charge in [-0.15, -0.1) is 0 Å². The molecule has 3 N–H and O–H groups in total. The SMILES string of the molecule is CCNC(=O)c1cc(N2CCC(C(C)N)C2)ccn1. The first-order valence-corrected chi connectivity index (χ1v) is 6.86. The standard InChI is InChI=1S/C14H22N4O/c1-3-16-14(19)13-8-12(4-6-17-13)18-7-5-11(9-18)10(2)15/h4,6,8,10-11H,3,5,7,9,15H2,1-2H3,(H,16,19). The summed E-state index contributed by atoms with van der Waals surface area (Å²) in [6.45, 7) is 6.51. The number of rotatable bonds is 4. The fraction of sp³-hybridized carbons (Fsp3) is 0.571. The quantitative estimate of drug-likeness (QED) is 0.849. The van der Waals surface area contributed by atoms with Crippen molar-refractivity contribution in [2.75, 3.05) is 24.5 Å². The third-order valence-electron chi connectivity index (χ3n) is 3.65. The zero-order valence-corrected chi connectivity index (χ0v) is 11.6. The van der Waals surface area contributed by atoms with Crippen molar-refractivity contribution in [2.24, 2.45) is 11.7 Å². The molecule has 5 nitrogen and oxygen atoms in total. The van der Waals surface area contributed by atoms with Gasteiger partial charge in [-0.3, -0.25) is 9.78 Å². The fourth-order valence-corrected chi connectivity index (χ4v) is 2.44. The van der Waals surface area contributed by atoms with Gasteiger partial charge < -0.3 is 16.0 Å². The summed E-state index contributed by atoms with van der Waals surface area (Å²) in [5.74, 6) is 0.411. The molecule has 1 saturated heterocycles. The summed E-state index contributed by atoms with van der Waals surface area (Å²) in [6, 6.07) is 4.02. The third-order valence-corrected chi connectivity index (χ3v) is 3.65. The van der Waals surface area contributed by atoms with Gasteiger partial charge in [-0.1, -0.05) is 0 Å². The van der Waals surface area contributed by atoms with Crippen LogP contribution in [-0.4, -0.2) is 36.6 Å². The molecule has 1 aromatic rings. The molecule has 2 heterocycles. The fourth-order valence-electron chi connectivity index (χ4n) is 2.44. The maximum absolute atomic E-state index is 11.8. The van der Waals surface area contributed by atoms with Gasteiger partial charge in [0.2, 0.25) is 0 Å². The zero-order valence-electron chi connectivity index (χ0n) is 11.6. The predicted octanol–water partition coefficient (Wildman–Crippen LogP) is 1.00. The zero-order chi connectivity index (χ0) is 13.8. The Morgan fingerprint density at radius 1 is 1.68 bits per heavy atom. The van der Waals surface area contributed by atoms with E-state index in [9.17, 15) is 4.79 Å². The molecule has 19 heavy (non-hydrogen) atoms. The number of carbonyl (C=O) groups is 1. The first kappa shape index (κ1) is 13.8. The monoisotopic (exact) mass is 262 g/mol. The summed E-state index contributed by atoms with van der Waals surface area (Å²) >= 11 is 0. The van der Waals surface area contributed by atoms with Crippen LogP contribution in [0.4, 0.5) is 5.69 Å². The lowest BCUT2D eigenvalue weighted by Crippen LogP contribution is -2.30.